The quantitative estimate of drug-likeness (QED) is 0.397. The first kappa shape index (κ1) is 22.5. The summed E-state index contributed by atoms with van der Waals surface area (Å²) in [6.45, 7) is 4.64. The van der Waals surface area contributed by atoms with Crippen LogP contribution in [0.15, 0.2) is 36.4 Å². The van der Waals surface area contributed by atoms with E-state index in [2.05, 4.69) is 26.0 Å². The van der Waals surface area contributed by atoms with E-state index < -0.39 is 5.97 Å². The van der Waals surface area contributed by atoms with Crippen LogP contribution in [0, 0.1) is 0 Å². The van der Waals surface area contributed by atoms with Crippen molar-refractivity contribution in [2.24, 2.45) is 0 Å². The first-order valence-corrected chi connectivity index (χ1v) is 11.6. The maximum absolute atomic E-state index is 11.1. The van der Waals surface area contributed by atoms with Crippen molar-refractivity contribution in [2.75, 3.05) is 13.9 Å². The summed E-state index contributed by atoms with van der Waals surface area (Å²) in [5.41, 5.74) is 2.93. The van der Waals surface area contributed by atoms with E-state index in [1.807, 2.05) is 12.1 Å². The van der Waals surface area contributed by atoms with Crippen LogP contribution < -0.4 is 13.7 Å². The molecular formula is C23H30O4Se. The maximum atomic E-state index is 11.1. The number of aryl methyl sites for hydroxylation is 2. The summed E-state index contributed by atoms with van der Waals surface area (Å²) in [6.07, 6.45) is 6.67. The molecule has 0 aromatic heterocycles. The first-order chi connectivity index (χ1) is 13.6. The topological polar surface area (TPSA) is 55.8 Å². The molecule has 2 aromatic rings. The van der Waals surface area contributed by atoms with Gasteiger partial charge in [0.15, 0.2) is 0 Å². The minimum absolute atomic E-state index is 0.0310. The zero-order valence-electron chi connectivity index (χ0n) is 17.0. The number of carboxylic acid groups (broad SMARTS) is 1. The van der Waals surface area contributed by atoms with Gasteiger partial charge >= 0.3 is 174 Å². The van der Waals surface area contributed by atoms with Gasteiger partial charge in [0.25, 0.3) is 0 Å². The molecule has 0 unspecified atom stereocenters. The van der Waals surface area contributed by atoms with E-state index in [-0.39, 0.29) is 21.7 Å². The summed E-state index contributed by atoms with van der Waals surface area (Å²) in [5.74, 6) is 0.0458. The molecule has 4 nitrogen and oxygen atoms in total. The Hall–Kier alpha value is -1.81. The molecule has 0 atom stereocenters. The fraction of sp³-hybridized carbons (Fsp3) is 0.435. The molecule has 0 fully saturated rings. The molecule has 0 heterocycles. The van der Waals surface area contributed by atoms with Gasteiger partial charge in [0.05, 0.1) is 0 Å². The van der Waals surface area contributed by atoms with Crippen LogP contribution in [0.5, 0.6) is 5.75 Å². The van der Waals surface area contributed by atoms with Crippen LogP contribution >= 0.6 is 0 Å². The van der Waals surface area contributed by atoms with Crippen molar-refractivity contribution in [3.8, 4) is 5.75 Å². The average Bonchev–Trinajstić information content (AvgIpc) is 2.70. The molecular weight excluding hydrogens is 419 g/mol. The third-order valence-corrected chi connectivity index (χ3v) is 6.62. The predicted molar refractivity (Wildman–Crippen MR) is 115 cm³/mol. The third kappa shape index (κ3) is 6.66. The van der Waals surface area contributed by atoms with Gasteiger partial charge in [-0.3, -0.25) is 0 Å². The van der Waals surface area contributed by atoms with Crippen LogP contribution in [0.3, 0.4) is 0 Å². The number of benzene rings is 2. The van der Waals surface area contributed by atoms with Crippen molar-refractivity contribution < 1.29 is 19.4 Å². The molecule has 152 valence electrons. The summed E-state index contributed by atoms with van der Waals surface area (Å²) in [4.78, 5) is 11.1. The Morgan fingerprint density at radius 2 is 1.71 bits per heavy atom. The molecule has 2 aromatic carbocycles. The number of methoxy groups -OCH3 is 1. The number of carboxylic acids is 1. The number of ether oxygens (including phenoxy) is 2. The monoisotopic (exact) mass is 450 g/mol. The summed E-state index contributed by atoms with van der Waals surface area (Å²) < 4.78 is 13.5. The Kier molecular flexibility index (Phi) is 9.56. The Balaban J connectivity index is 2.39. The Bertz CT molecular complexity index is 756. The van der Waals surface area contributed by atoms with Gasteiger partial charge in [-0.25, -0.2) is 0 Å². The molecule has 0 aliphatic carbocycles. The van der Waals surface area contributed by atoms with Gasteiger partial charge in [0, 0.05) is 0 Å². The molecule has 0 saturated carbocycles. The van der Waals surface area contributed by atoms with Crippen molar-refractivity contribution in [3.05, 3.63) is 53.1 Å². The van der Waals surface area contributed by atoms with Crippen LogP contribution in [0.4, 0.5) is 0 Å². The molecule has 0 aliphatic rings. The van der Waals surface area contributed by atoms with E-state index >= 15 is 0 Å². The van der Waals surface area contributed by atoms with Crippen molar-refractivity contribution >= 4 is 29.8 Å². The Morgan fingerprint density at radius 3 is 2.32 bits per heavy atom. The second-order valence-electron chi connectivity index (χ2n) is 6.77. The van der Waals surface area contributed by atoms with Gasteiger partial charge in [-0.05, 0) is 0 Å². The standard InChI is InChI=1S/C23H30O4Se/c1-4-6-8-17-14-19(9-7-5-2)22(27-16-26-3)21(15-17)28-20-12-10-18(11-13-20)23(24)25/h10-15H,4-9,16H2,1-3H3,(H,24,25). The number of rotatable bonds is 12. The van der Waals surface area contributed by atoms with E-state index in [9.17, 15) is 4.79 Å². The van der Waals surface area contributed by atoms with Gasteiger partial charge in [-0.2, -0.15) is 0 Å². The van der Waals surface area contributed by atoms with E-state index in [4.69, 9.17) is 14.6 Å². The average molecular weight is 449 g/mol. The van der Waals surface area contributed by atoms with Crippen LogP contribution in [-0.4, -0.2) is 39.9 Å². The summed E-state index contributed by atoms with van der Waals surface area (Å²) in [5, 5.41) is 9.12. The van der Waals surface area contributed by atoms with Crippen LogP contribution in [0.25, 0.3) is 0 Å². The van der Waals surface area contributed by atoms with E-state index in [1.54, 1.807) is 19.2 Å². The third-order valence-electron chi connectivity index (χ3n) is 4.46. The molecule has 5 heteroatoms. The molecule has 0 spiro atoms. The van der Waals surface area contributed by atoms with Gasteiger partial charge in [0.1, 0.15) is 0 Å². The van der Waals surface area contributed by atoms with Gasteiger partial charge in [0.2, 0.25) is 0 Å². The number of aromatic carboxylic acids is 1. The number of hydrogen-bond acceptors (Lipinski definition) is 3. The molecule has 28 heavy (non-hydrogen) atoms. The first-order valence-electron chi connectivity index (χ1n) is 9.87. The predicted octanol–water partition coefficient (Wildman–Crippen LogP) is 3.71. The molecule has 0 bridgehead atoms. The fourth-order valence-corrected chi connectivity index (χ4v) is 5.09. The summed E-state index contributed by atoms with van der Waals surface area (Å²) in [7, 11) is 1.64. The zero-order valence-corrected chi connectivity index (χ0v) is 18.7. The van der Waals surface area contributed by atoms with E-state index in [0.29, 0.717) is 5.56 Å². The van der Waals surface area contributed by atoms with Crippen molar-refractivity contribution in [2.45, 2.75) is 52.4 Å². The zero-order chi connectivity index (χ0) is 20.4. The summed E-state index contributed by atoms with van der Waals surface area (Å²) in [6, 6.07) is 11.7. The molecule has 1 N–H and O–H groups in total. The second-order valence-corrected chi connectivity index (χ2v) is 9.11. The van der Waals surface area contributed by atoms with Gasteiger partial charge in [-0.1, -0.05) is 0 Å². The molecule has 0 saturated heterocycles. The Morgan fingerprint density at radius 1 is 1.04 bits per heavy atom. The molecule has 0 amide bonds. The van der Waals surface area contributed by atoms with Crippen molar-refractivity contribution in [1.82, 2.24) is 0 Å². The fourth-order valence-electron chi connectivity index (χ4n) is 2.95. The van der Waals surface area contributed by atoms with E-state index in [0.717, 1.165) is 35.9 Å². The second kappa shape index (κ2) is 11.9. The SMILES string of the molecule is CCCCc1cc(CCCC)c(OCOC)c([Se]c2ccc(C(=O)O)cc2)c1. The molecule has 0 aliphatic heterocycles. The van der Waals surface area contributed by atoms with Crippen LogP contribution in [0.2, 0.25) is 0 Å². The van der Waals surface area contributed by atoms with Crippen LogP contribution in [-0.2, 0) is 17.6 Å². The number of unbranched alkanes of at least 4 members (excludes halogenated alkanes) is 2. The van der Waals surface area contributed by atoms with Crippen molar-refractivity contribution in [1.29, 1.82) is 0 Å². The van der Waals surface area contributed by atoms with E-state index in [1.165, 1.54) is 28.4 Å². The minimum atomic E-state index is -0.897. The summed E-state index contributed by atoms with van der Waals surface area (Å²) >= 11 is 0.0310. The van der Waals surface area contributed by atoms with Crippen LogP contribution in [0.1, 0.15) is 61.0 Å². The molecule has 0 radical (unpaired) electrons. The normalized spacial score (nSPS) is 10.8. The van der Waals surface area contributed by atoms with Gasteiger partial charge < -0.3 is 0 Å². The number of hydrogen-bond donors (Lipinski definition) is 1. The Labute approximate surface area is 174 Å². The number of carbonyl (C=O) groups is 1. The molecule has 2 rings (SSSR count). The van der Waals surface area contributed by atoms with Crippen molar-refractivity contribution in [3.63, 3.8) is 0 Å². The van der Waals surface area contributed by atoms with Gasteiger partial charge in [-0.15, -0.1) is 0 Å².